The number of nitrogens with two attached hydrogens (primary N) is 1. The van der Waals surface area contributed by atoms with Crippen LogP contribution in [0.2, 0.25) is 0 Å². The maximum Gasteiger partial charge on any atom is 0.0460 e. The van der Waals surface area contributed by atoms with Crippen molar-refractivity contribution in [2.45, 2.75) is 30.9 Å². The highest BCUT2D eigenvalue weighted by atomic mass is 79.9. The Balaban J connectivity index is 2.15. The zero-order chi connectivity index (χ0) is 14.5. The van der Waals surface area contributed by atoms with Crippen LogP contribution in [-0.4, -0.2) is 6.04 Å². The van der Waals surface area contributed by atoms with Gasteiger partial charge >= 0.3 is 0 Å². The quantitative estimate of drug-likeness (QED) is 0.814. The molecule has 0 spiro atoms. The molecule has 3 heteroatoms. The molecule has 0 bridgehead atoms. The molecule has 0 aliphatic rings. The van der Waals surface area contributed by atoms with Gasteiger partial charge in [0.1, 0.15) is 0 Å². The van der Waals surface area contributed by atoms with E-state index in [1.165, 1.54) is 16.7 Å². The van der Waals surface area contributed by atoms with Crippen LogP contribution < -0.4 is 5.73 Å². The maximum absolute atomic E-state index is 6.20. The molecule has 0 saturated carbocycles. The van der Waals surface area contributed by atoms with Gasteiger partial charge in [0.05, 0.1) is 0 Å². The number of thioether (sulfide) groups is 1. The molecule has 2 atom stereocenters. The van der Waals surface area contributed by atoms with Gasteiger partial charge in [-0.1, -0.05) is 58.4 Å². The Morgan fingerprint density at radius 1 is 1.10 bits per heavy atom. The lowest BCUT2D eigenvalue weighted by Crippen LogP contribution is -2.23. The zero-order valence-corrected chi connectivity index (χ0v) is 14.2. The van der Waals surface area contributed by atoms with E-state index in [1.54, 1.807) is 0 Å². The largest absolute Gasteiger partial charge is 0.327 e. The van der Waals surface area contributed by atoms with Crippen LogP contribution in [0.4, 0.5) is 0 Å². The number of benzene rings is 2. The molecule has 0 aliphatic heterocycles. The highest BCUT2D eigenvalue weighted by Crippen LogP contribution is 2.37. The number of hydrogen-bond donors (Lipinski definition) is 1. The Hall–Kier alpha value is -0.770. The second-order valence-corrected chi connectivity index (χ2v) is 7.02. The van der Waals surface area contributed by atoms with Gasteiger partial charge < -0.3 is 5.73 Å². The summed E-state index contributed by atoms with van der Waals surface area (Å²) in [6, 6.07) is 17.0. The van der Waals surface area contributed by atoms with Crippen LogP contribution >= 0.6 is 27.7 Å². The molecule has 106 valence electrons. The van der Waals surface area contributed by atoms with Crippen LogP contribution in [0.25, 0.3) is 0 Å². The van der Waals surface area contributed by atoms with Gasteiger partial charge in [-0.25, -0.2) is 0 Å². The molecule has 0 radical (unpaired) electrons. The lowest BCUT2D eigenvalue weighted by atomic mass is 10.1. The lowest BCUT2D eigenvalue weighted by molar-refractivity contribution is 0.719. The van der Waals surface area contributed by atoms with Crippen LogP contribution in [0.3, 0.4) is 0 Å². The summed E-state index contributed by atoms with van der Waals surface area (Å²) >= 11 is 5.55. The van der Waals surface area contributed by atoms with E-state index in [2.05, 4.69) is 72.2 Å². The Kier molecular flexibility index (Phi) is 5.70. The number of halogens is 1. The van der Waals surface area contributed by atoms with E-state index >= 15 is 0 Å². The number of aryl methyl sites for hydroxylation is 1. The number of hydrogen-bond acceptors (Lipinski definition) is 2. The minimum atomic E-state index is 0.114. The van der Waals surface area contributed by atoms with Crippen molar-refractivity contribution in [1.82, 2.24) is 0 Å². The van der Waals surface area contributed by atoms with Crippen LogP contribution in [0.5, 0.6) is 0 Å². The van der Waals surface area contributed by atoms with E-state index < -0.39 is 0 Å². The molecule has 2 rings (SSSR count). The molecule has 0 aliphatic carbocycles. The predicted octanol–water partition coefficient (Wildman–Crippen LogP) is 5.08. The van der Waals surface area contributed by atoms with Gasteiger partial charge in [0.15, 0.2) is 0 Å². The van der Waals surface area contributed by atoms with Crippen molar-refractivity contribution in [2.75, 3.05) is 0 Å². The molecule has 0 heterocycles. The summed E-state index contributed by atoms with van der Waals surface area (Å²) < 4.78 is 1.14. The van der Waals surface area contributed by atoms with Crippen molar-refractivity contribution in [2.24, 2.45) is 5.73 Å². The predicted molar refractivity (Wildman–Crippen MR) is 93.0 cm³/mol. The average Bonchev–Trinajstić information content (AvgIpc) is 2.42. The molecule has 20 heavy (non-hydrogen) atoms. The second kappa shape index (κ2) is 7.30. The van der Waals surface area contributed by atoms with E-state index in [0.717, 1.165) is 10.2 Å². The normalized spacial score (nSPS) is 14.0. The fraction of sp³-hybridized carbons (Fsp3) is 0.294. The minimum absolute atomic E-state index is 0.114. The smallest absolute Gasteiger partial charge is 0.0460 e. The van der Waals surface area contributed by atoms with Crippen LogP contribution in [-0.2, 0) is 5.75 Å². The Bertz CT molecular complexity index is 568. The first-order chi connectivity index (χ1) is 9.59. The van der Waals surface area contributed by atoms with Crippen molar-refractivity contribution in [3.05, 3.63) is 69.7 Å². The maximum atomic E-state index is 6.20. The van der Waals surface area contributed by atoms with Crippen molar-refractivity contribution < 1.29 is 0 Å². The van der Waals surface area contributed by atoms with Gasteiger partial charge in [-0.3, -0.25) is 0 Å². The first-order valence-corrected chi connectivity index (χ1v) is 8.60. The third-order valence-corrected chi connectivity index (χ3v) is 5.61. The summed E-state index contributed by atoms with van der Waals surface area (Å²) in [6.45, 7) is 4.24. The third-order valence-electron chi connectivity index (χ3n) is 3.37. The van der Waals surface area contributed by atoms with E-state index in [9.17, 15) is 0 Å². The Morgan fingerprint density at radius 3 is 2.40 bits per heavy atom. The highest BCUT2D eigenvalue weighted by Gasteiger charge is 2.19. The zero-order valence-electron chi connectivity index (χ0n) is 11.8. The first-order valence-electron chi connectivity index (χ1n) is 6.75. The Morgan fingerprint density at radius 2 is 1.75 bits per heavy atom. The molecule has 0 fully saturated rings. The average molecular weight is 350 g/mol. The standard InChI is InChI=1S/C17H20BrNS/c1-12-7-3-4-8-14(12)11-20-17(13(2)19)15-9-5-6-10-16(15)18/h3-10,13,17H,11,19H2,1-2H3. The fourth-order valence-electron chi connectivity index (χ4n) is 2.18. The third kappa shape index (κ3) is 3.87. The molecule has 2 aromatic carbocycles. The van der Waals surface area contributed by atoms with Crippen molar-refractivity contribution in [1.29, 1.82) is 0 Å². The molecule has 0 saturated heterocycles. The van der Waals surface area contributed by atoms with Crippen molar-refractivity contribution in [3.8, 4) is 0 Å². The number of rotatable bonds is 5. The van der Waals surface area contributed by atoms with E-state index in [1.807, 2.05) is 17.8 Å². The topological polar surface area (TPSA) is 26.0 Å². The summed E-state index contributed by atoms with van der Waals surface area (Å²) in [5, 5.41) is 0.296. The van der Waals surface area contributed by atoms with Crippen LogP contribution in [0.1, 0.15) is 28.9 Å². The summed E-state index contributed by atoms with van der Waals surface area (Å²) in [5.41, 5.74) is 10.2. The van der Waals surface area contributed by atoms with Gasteiger partial charge in [-0.15, -0.1) is 11.8 Å². The molecule has 2 aromatic rings. The monoisotopic (exact) mass is 349 g/mol. The second-order valence-electron chi connectivity index (χ2n) is 5.04. The molecular formula is C17H20BrNS. The van der Waals surface area contributed by atoms with Gasteiger partial charge in [0.2, 0.25) is 0 Å². The van der Waals surface area contributed by atoms with E-state index in [0.29, 0.717) is 5.25 Å². The van der Waals surface area contributed by atoms with Gasteiger partial charge in [0.25, 0.3) is 0 Å². The van der Waals surface area contributed by atoms with Gasteiger partial charge in [0, 0.05) is 21.5 Å². The molecule has 1 nitrogen and oxygen atoms in total. The molecule has 2 unspecified atom stereocenters. The molecule has 0 amide bonds. The Labute approximate surface area is 134 Å². The SMILES string of the molecule is Cc1ccccc1CSC(c1ccccc1Br)C(C)N. The molecular weight excluding hydrogens is 330 g/mol. The summed E-state index contributed by atoms with van der Waals surface area (Å²) in [4.78, 5) is 0. The minimum Gasteiger partial charge on any atom is -0.327 e. The molecule has 2 N–H and O–H groups in total. The van der Waals surface area contributed by atoms with Crippen LogP contribution in [0, 0.1) is 6.92 Å². The first kappa shape index (κ1) is 15.6. The van der Waals surface area contributed by atoms with Gasteiger partial charge in [-0.05, 0) is 36.6 Å². The van der Waals surface area contributed by atoms with E-state index in [4.69, 9.17) is 5.73 Å². The van der Waals surface area contributed by atoms with E-state index in [-0.39, 0.29) is 6.04 Å². The van der Waals surface area contributed by atoms with Crippen LogP contribution in [0.15, 0.2) is 53.0 Å². The summed E-state index contributed by atoms with van der Waals surface area (Å²) in [6.07, 6.45) is 0. The summed E-state index contributed by atoms with van der Waals surface area (Å²) in [7, 11) is 0. The van der Waals surface area contributed by atoms with Crippen molar-refractivity contribution in [3.63, 3.8) is 0 Å². The fourth-order valence-corrected chi connectivity index (χ4v) is 4.24. The summed E-state index contributed by atoms with van der Waals surface area (Å²) in [5.74, 6) is 0.986. The highest BCUT2D eigenvalue weighted by molar-refractivity contribution is 9.10. The lowest BCUT2D eigenvalue weighted by Gasteiger charge is -2.22. The van der Waals surface area contributed by atoms with Crippen molar-refractivity contribution >= 4 is 27.7 Å². The van der Waals surface area contributed by atoms with Gasteiger partial charge in [-0.2, -0.15) is 0 Å². The molecule has 0 aromatic heterocycles.